The molecule has 0 saturated heterocycles. The second kappa shape index (κ2) is 7.62. The summed E-state index contributed by atoms with van der Waals surface area (Å²) < 4.78 is 34.8. The highest BCUT2D eigenvalue weighted by Gasteiger charge is 2.20. The van der Waals surface area contributed by atoms with Crippen LogP contribution in [0.4, 0.5) is 5.69 Å². The van der Waals surface area contributed by atoms with Gasteiger partial charge in [0.25, 0.3) is 15.7 Å². The number of methoxy groups -OCH3 is 2. The molecule has 0 aliphatic carbocycles. The van der Waals surface area contributed by atoms with Crippen molar-refractivity contribution in [2.75, 3.05) is 14.2 Å². The summed E-state index contributed by atoms with van der Waals surface area (Å²) in [7, 11) is -1.27. The summed E-state index contributed by atoms with van der Waals surface area (Å²) in [5.74, 6) is 0.461. The minimum absolute atomic E-state index is 0.124. The number of ether oxygens (including phenoxy) is 2. The molecule has 0 spiro atoms. The molecule has 2 rings (SSSR count). The molecule has 25 heavy (non-hydrogen) atoms. The van der Waals surface area contributed by atoms with Crippen molar-refractivity contribution in [1.82, 2.24) is 4.83 Å². The van der Waals surface area contributed by atoms with E-state index >= 15 is 0 Å². The fourth-order valence-corrected chi connectivity index (χ4v) is 2.91. The lowest BCUT2D eigenvalue weighted by molar-refractivity contribution is -0.384. The summed E-state index contributed by atoms with van der Waals surface area (Å²) in [6.45, 7) is 0. The van der Waals surface area contributed by atoms with Gasteiger partial charge in [0, 0.05) is 23.8 Å². The molecular weight excluding hydrogens is 350 g/mol. The highest BCUT2D eigenvalue weighted by molar-refractivity contribution is 7.89. The second-order valence-corrected chi connectivity index (χ2v) is 6.35. The van der Waals surface area contributed by atoms with Crippen molar-refractivity contribution in [2.24, 2.45) is 5.10 Å². The van der Waals surface area contributed by atoms with Crippen LogP contribution in [-0.2, 0) is 10.0 Å². The summed E-state index contributed by atoms with van der Waals surface area (Å²) in [6.07, 6.45) is 1.16. The van der Waals surface area contributed by atoms with Crippen molar-refractivity contribution in [1.29, 1.82) is 0 Å². The molecule has 0 aromatic heterocycles. The monoisotopic (exact) mass is 365 g/mol. The summed E-state index contributed by atoms with van der Waals surface area (Å²) in [5.41, 5.74) is 0.246. The molecule has 1 N–H and O–H groups in total. The number of nitrogens with one attached hydrogen (secondary N) is 1. The Morgan fingerprint density at radius 2 is 1.92 bits per heavy atom. The maximum Gasteiger partial charge on any atom is 0.280 e. The molecule has 0 bridgehead atoms. The molecule has 0 saturated carbocycles. The first-order valence-electron chi connectivity index (χ1n) is 6.88. The van der Waals surface area contributed by atoms with Gasteiger partial charge in [-0.3, -0.25) is 10.1 Å². The number of non-ortho nitro benzene ring substituents is 1. The largest absolute Gasteiger partial charge is 0.497 e. The molecule has 10 heteroatoms. The van der Waals surface area contributed by atoms with E-state index in [9.17, 15) is 18.5 Å². The number of benzene rings is 2. The third-order valence-electron chi connectivity index (χ3n) is 3.13. The first-order chi connectivity index (χ1) is 11.9. The van der Waals surface area contributed by atoms with Crippen molar-refractivity contribution in [3.05, 3.63) is 58.1 Å². The van der Waals surface area contributed by atoms with Gasteiger partial charge >= 0.3 is 0 Å². The molecule has 0 aliphatic heterocycles. The minimum Gasteiger partial charge on any atom is -0.497 e. The van der Waals surface area contributed by atoms with Crippen LogP contribution in [-0.4, -0.2) is 33.8 Å². The Morgan fingerprint density at radius 1 is 1.16 bits per heavy atom. The van der Waals surface area contributed by atoms with Gasteiger partial charge in [-0.15, -0.1) is 0 Å². The number of nitro benzene ring substituents is 1. The Bertz CT molecular complexity index is 911. The first kappa shape index (κ1) is 18.2. The van der Waals surface area contributed by atoms with Crippen LogP contribution in [0.5, 0.6) is 11.5 Å². The first-order valence-corrected chi connectivity index (χ1v) is 8.37. The third-order valence-corrected chi connectivity index (χ3v) is 4.37. The normalized spacial score (nSPS) is 11.3. The molecule has 0 heterocycles. The Balaban J connectivity index is 2.25. The van der Waals surface area contributed by atoms with Crippen molar-refractivity contribution in [2.45, 2.75) is 4.90 Å². The summed E-state index contributed by atoms with van der Waals surface area (Å²) >= 11 is 0. The molecule has 132 valence electrons. The number of sulfonamides is 1. The average molecular weight is 365 g/mol. The van der Waals surface area contributed by atoms with Gasteiger partial charge in [0.2, 0.25) is 0 Å². The molecule has 9 nitrogen and oxygen atoms in total. The number of hydrogen-bond acceptors (Lipinski definition) is 7. The Hall–Kier alpha value is -3.14. The lowest BCUT2D eigenvalue weighted by atomic mass is 10.2. The van der Waals surface area contributed by atoms with E-state index in [1.54, 1.807) is 12.1 Å². The number of nitro groups is 1. The fraction of sp³-hybridized carbons (Fsp3) is 0.133. The van der Waals surface area contributed by atoms with Crippen molar-refractivity contribution in [3.63, 3.8) is 0 Å². The molecule has 0 radical (unpaired) electrons. The predicted molar refractivity (Wildman–Crippen MR) is 90.6 cm³/mol. The number of hydrazone groups is 1. The molecular formula is C15H15N3O6S. The second-order valence-electron chi connectivity index (χ2n) is 4.72. The number of hydrogen-bond donors (Lipinski definition) is 1. The van der Waals surface area contributed by atoms with Crippen molar-refractivity contribution in [3.8, 4) is 11.5 Å². The van der Waals surface area contributed by atoms with E-state index in [-0.39, 0.29) is 16.3 Å². The standard InChI is InChI=1S/C15H15N3O6S/c1-23-13-6-7-14(24-2)15(9-13)25(21,22)17-16-10-11-4-3-5-12(8-11)18(19)20/h3-10,17H,1-2H3/b16-10+. The Morgan fingerprint density at radius 3 is 2.56 bits per heavy atom. The average Bonchev–Trinajstić information content (AvgIpc) is 2.61. The minimum atomic E-state index is -4.02. The zero-order valence-electron chi connectivity index (χ0n) is 13.4. The Labute approximate surface area is 144 Å². The molecule has 0 fully saturated rings. The van der Waals surface area contributed by atoms with E-state index in [0.717, 1.165) is 6.21 Å². The smallest absolute Gasteiger partial charge is 0.280 e. The van der Waals surface area contributed by atoms with E-state index in [0.29, 0.717) is 11.3 Å². The lowest BCUT2D eigenvalue weighted by Gasteiger charge is -2.10. The highest BCUT2D eigenvalue weighted by Crippen LogP contribution is 2.27. The van der Waals surface area contributed by atoms with Crippen LogP contribution in [0.25, 0.3) is 0 Å². The van der Waals surface area contributed by atoms with Gasteiger partial charge in [0.15, 0.2) is 0 Å². The molecule has 0 unspecified atom stereocenters. The SMILES string of the molecule is COc1ccc(OC)c(S(=O)(=O)N/N=C/c2cccc([N+](=O)[O-])c2)c1. The maximum absolute atomic E-state index is 12.4. The van der Waals surface area contributed by atoms with Gasteiger partial charge < -0.3 is 9.47 Å². The predicted octanol–water partition coefficient (Wildman–Crippen LogP) is 1.92. The van der Waals surface area contributed by atoms with Crippen LogP contribution in [0, 0.1) is 10.1 Å². The van der Waals surface area contributed by atoms with Crippen LogP contribution >= 0.6 is 0 Å². The van der Waals surface area contributed by atoms with Gasteiger partial charge in [-0.05, 0) is 12.1 Å². The fourth-order valence-electron chi connectivity index (χ4n) is 1.93. The van der Waals surface area contributed by atoms with E-state index in [1.165, 1.54) is 44.6 Å². The molecule has 0 atom stereocenters. The van der Waals surface area contributed by atoms with Gasteiger partial charge in [-0.1, -0.05) is 12.1 Å². The topological polar surface area (TPSA) is 120 Å². The van der Waals surface area contributed by atoms with Gasteiger partial charge in [0.05, 0.1) is 25.4 Å². The molecule has 2 aromatic carbocycles. The quantitative estimate of drug-likeness (QED) is 0.455. The van der Waals surface area contributed by atoms with Crippen LogP contribution in [0.1, 0.15) is 5.56 Å². The summed E-state index contributed by atoms with van der Waals surface area (Å²) in [4.78, 5) is 12.1. The van der Waals surface area contributed by atoms with Gasteiger partial charge in [0.1, 0.15) is 16.4 Å². The van der Waals surface area contributed by atoms with E-state index in [1.807, 2.05) is 4.83 Å². The van der Waals surface area contributed by atoms with Gasteiger partial charge in [-0.25, -0.2) is 0 Å². The highest BCUT2D eigenvalue weighted by atomic mass is 32.2. The van der Waals surface area contributed by atoms with Crippen LogP contribution < -0.4 is 14.3 Å². The van der Waals surface area contributed by atoms with Crippen molar-refractivity contribution < 1.29 is 22.8 Å². The molecule has 2 aromatic rings. The summed E-state index contributed by atoms with van der Waals surface area (Å²) in [6, 6.07) is 9.93. The van der Waals surface area contributed by atoms with Crippen LogP contribution in [0.3, 0.4) is 0 Å². The van der Waals surface area contributed by atoms with E-state index < -0.39 is 14.9 Å². The maximum atomic E-state index is 12.4. The third kappa shape index (κ3) is 4.44. The summed E-state index contributed by atoms with van der Waals surface area (Å²) in [5, 5.41) is 14.4. The lowest BCUT2D eigenvalue weighted by Crippen LogP contribution is -2.19. The van der Waals surface area contributed by atoms with Crippen molar-refractivity contribution >= 4 is 21.9 Å². The van der Waals surface area contributed by atoms with Gasteiger partial charge in [-0.2, -0.15) is 18.4 Å². The van der Waals surface area contributed by atoms with E-state index in [2.05, 4.69) is 5.10 Å². The van der Waals surface area contributed by atoms with E-state index in [4.69, 9.17) is 9.47 Å². The molecule has 0 amide bonds. The van der Waals surface area contributed by atoms with Crippen LogP contribution in [0.15, 0.2) is 52.5 Å². The Kier molecular flexibility index (Phi) is 5.55. The number of rotatable bonds is 7. The zero-order chi connectivity index (χ0) is 18.4. The molecule has 0 aliphatic rings. The zero-order valence-corrected chi connectivity index (χ0v) is 14.2. The van der Waals surface area contributed by atoms with Crippen LogP contribution in [0.2, 0.25) is 0 Å². The number of nitrogens with zero attached hydrogens (tertiary/aromatic N) is 2.